The summed E-state index contributed by atoms with van der Waals surface area (Å²) in [5.41, 5.74) is 1.32. The van der Waals surface area contributed by atoms with Crippen molar-refractivity contribution in [3.63, 3.8) is 0 Å². The van der Waals surface area contributed by atoms with Crippen molar-refractivity contribution in [2.45, 2.75) is 6.54 Å². The van der Waals surface area contributed by atoms with Gasteiger partial charge in [0.2, 0.25) is 0 Å². The summed E-state index contributed by atoms with van der Waals surface area (Å²) < 4.78 is 25.7. The van der Waals surface area contributed by atoms with E-state index < -0.39 is 5.82 Å². The number of hydrogen-bond donors (Lipinski definition) is 1. The molecular formula is C15H12BrClFNO2. The monoisotopic (exact) mass is 371 g/mol. The van der Waals surface area contributed by atoms with Crippen molar-refractivity contribution in [3.05, 3.63) is 51.2 Å². The van der Waals surface area contributed by atoms with E-state index >= 15 is 0 Å². The fourth-order valence-electron chi connectivity index (χ4n) is 2.10. The Morgan fingerprint density at radius 2 is 2.05 bits per heavy atom. The summed E-state index contributed by atoms with van der Waals surface area (Å²) in [6.07, 6.45) is 0. The van der Waals surface area contributed by atoms with E-state index in [0.29, 0.717) is 36.9 Å². The summed E-state index contributed by atoms with van der Waals surface area (Å²) in [6, 6.07) is 8.67. The molecule has 0 fully saturated rings. The molecule has 0 aromatic heterocycles. The van der Waals surface area contributed by atoms with Gasteiger partial charge in [-0.05, 0) is 45.8 Å². The van der Waals surface area contributed by atoms with Crippen LogP contribution in [0.15, 0.2) is 34.8 Å². The molecule has 1 aliphatic rings. The Morgan fingerprint density at radius 1 is 1.24 bits per heavy atom. The van der Waals surface area contributed by atoms with Crippen LogP contribution in [0, 0.1) is 5.82 Å². The molecule has 0 amide bonds. The molecule has 0 saturated carbocycles. The van der Waals surface area contributed by atoms with Crippen LogP contribution in [0.4, 0.5) is 10.1 Å². The van der Waals surface area contributed by atoms with Crippen LogP contribution in [0.2, 0.25) is 5.02 Å². The van der Waals surface area contributed by atoms with Gasteiger partial charge in [0, 0.05) is 6.54 Å². The molecule has 6 heteroatoms. The molecule has 0 saturated heterocycles. The number of hydrogen-bond acceptors (Lipinski definition) is 3. The standard InChI is InChI=1S/C15H12BrClFNO2/c16-10-6-9(7-13-15(10)21-5-4-20-13)8-19-12-3-1-2-11(17)14(12)18/h1-3,6-7,19H,4-5,8H2. The average molecular weight is 373 g/mol. The van der Waals surface area contributed by atoms with E-state index in [1.165, 1.54) is 6.07 Å². The van der Waals surface area contributed by atoms with E-state index in [1.807, 2.05) is 12.1 Å². The number of fused-ring (bicyclic) bond motifs is 1. The molecule has 0 unspecified atom stereocenters. The number of rotatable bonds is 3. The number of benzene rings is 2. The third-order valence-corrected chi connectivity index (χ3v) is 3.97. The third kappa shape index (κ3) is 3.09. The Labute approximate surface area is 135 Å². The highest BCUT2D eigenvalue weighted by Gasteiger charge is 2.16. The summed E-state index contributed by atoms with van der Waals surface area (Å²) in [5.74, 6) is 0.953. The molecule has 1 heterocycles. The van der Waals surface area contributed by atoms with Gasteiger partial charge in [-0.25, -0.2) is 4.39 Å². The lowest BCUT2D eigenvalue weighted by molar-refractivity contribution is 0.170. The maximum Gasteiger partial charge on any atom is 0.175 e. The predicted molar refractivity (Wildman–Crippen MR) is 83.9 cm³/mol. The van der Waals surface area contributed by atoms with Gasteiger partial charge in [-0.2, -0.15) is 0 Å². The Hall–Kier alpha value is -1.46. The molecule has 21 heavy (non-hydrogen) atoms. The van der Waals surface area contributed by atoms with Gasteiger partial charge in [0.05, 0.1) is 15.2 Å². The van der Waals surface area contributed by atoms with E-state index in [4.69, 9.17) is 21.1 Å². The molecule has 1 aliphatic heterocycles. The minimum Gasteiger partial charge on any atom is -0.486 e. The van der Waals surface area contributed by atoms with Crippen LogP contribution >= 0.6 is 27.5 Å². The molecule has 2 aromatic rings. The van der Waals surface area contributed by atoms with Crippen molar-refractivity contribution in [3.8, 4) is 11.5 Å². The number of halogens is 3. The molecule has 3 rings (SSSR count). The number of ether oxygens (including phenoxy) is 2. The second-order valence-corrected chi connectivity index (χ2v) is 5.82. The molecule has 1 N–H and O–H groups in total. The first-order chi connectivity index (χ1) is 10.1. The summed E-state index contributed by atoms with van der Waals surface area (Å²) >= 11 is 9.21. The van der Waals surface area contributed by atoms with Crippen molar-refractivity contribution in [1.82, 2.24) is 0 Å². The van der Waals surface area contributed by atoms with Gasteiger partial charge in [-0.1, -0.05) is 17.7 Å². The zero-order valence-corrected chi connectivity index (χ0v) is 13.3. The molecule has 0 aliphatic carbocycles. The molecule has 0 atom stereocenters. The van der Waals surface area contributed by atoms with E-state index in [1.54, 1.807) is 12.1 Å². The Morgan fingerprint density at radius 3 is 2.90 bits per heavy atom. The highest BCUT2D eigenvalue weighted by Crippen LogP contribution is 2.38. The lowest BCUT2D eigenvalue weighted by atomic mass is 10.2. The number of anilines is 1. The van der Waals surface area contributed by atoms with Gasteiger partial charge in [-0.3, -0.25) is 0 Å². The van der Waals surface area contributed by atoms with Gasteiger partial charge in [0.1, 0.15) is 13.2 Å². The van der Waals surface area contributed by atoms with Crippen LogP contribution in [0.1, 0.15) is 5.56 Å². The minimum absolute atomic E-state index is 0.100. The van der Waals surface area contributed by atoms with E-state index in [0.717, 1.165) is 10.0 Å². The first-order valence-corrected chi connectivity index (χ1v) is 7.58. The van der Waals surface area contributed by atoms with Crippen LogP contribution < -0.4 is 14.8 Å². The Balaban J connectivity index is 1.79. The fraction of sp³-hybridized carbons (Fsp3) is 0.200. The molecular weight excluding hydrogens is 361 g/mol. The SMILES string of the molecule is Fc1c(Cl)cccc1NCc1cc(Br)c2c(c1)OCCO2. The topological polar surface area (TPSA) is 30.5 Å². The van der Waals surface area contributed by atoms with Crippen LogP contribution in [-0.2, 0) is 6.54 Å². The normalized spacial score (nSPS) is 13.1. The lowest BCUT2D eigenvalue weighted by Gasteiger charge is -2.20. The summed E-state index contributed by atoms with van der Waals surface area (Å²) in [5, 5.41) is 3.13. The maximum absolute atomic E-state index is 13.8. The Bertz CT molecular complexity index is 681. The van der Waals surface area contributed by atoms with Crippen LogP contribution in [0.25, 0.3) is 0 Å². The largest absolute Gasteiger partial charge is 0.486 e. The molecule has 0 spiro atoms. The van der Waals surface area contributed by atoms with Crippen molar-refractivity contribution in [2.75, 3.05) is 18.5 Å². The zero-order chi connectivity index (χ0) is 14.8. The van der Waals surface area contributed by atoms with Crippen molar-refractivity contribution < 1.29 is 13.9 Å². The van der Waals surface area contributed by atoms with E-state index in [2.05, 4.69) is 21.2 Å². The van der Waals surface area contributed by atoms with Crippen molar-refractivity contribution in [1.29, 1.82) is 0 Å². The lowest BCUT2D eigenvalue weighted by Crippen LogP contribution is -2.16. The highest BCUT2D eigenvalue weighted by molar-refractivity contribution is 9.10. The van der Waals surface area contributed by atoms with Crippen molar-refractivity contribution >= 4 is 33.2 Å². The van der Waals surface area contributed by atoms with Crippen LogP contribution in [-0.4, -0.2) is 13.2 Å². The average Bonchev–Trinajstić information content (AvgIpc) is 2.49. The first-order valence-electron chi connectivity index (χ1n) is 6.41. The summed E-state index contributed by atoms with van der Waals surface area (Å²) in [7, 11) is 0. The fourth-order valence-corrected chi connectivity index (χ4v) is 2.88. The maximum atomic E-state index is 13.8. The summed E-state index contributed by atoms with van der Waals surface area (Å²) in [4.78, 5) is 0. The minimum atomic E-state index is -0.448. The van der Waals surface area contributed by atoms with Crippen LogP contribution in [0.3, 0.4) is 0 Å². The smallest absolute Gasteiger partial charge is 0.175 e. The highest BCUT2D eigenvalue weighted by atomic mass is 79.9. The quantitative estimate of drug-likeness (QED) is 0.852. The van der Waals surface area contributed by atoms with Gasteiger partial charge < -0.3 is 14.8 Å². The molecule has 110 valence electrons. The molecule has 2 aromatic carbocycles. The van der Waals surface area contributed by atoms with Crippen molar-refractivity contribution in [2.24, 2.45) is 0 Å². The number of nitrogens with one attached hydrogen (secondary N) is 1. The summed E-state index contributed by atoms with van der Waals surface area (Å²) in [6.45, 7) is 1.52. The molecule has 3 nitrogen and oxygen atoms in total. The van der Waals surface area contributed by atoms with Crippen LogP contribution in [0.5, 0.6) is 11.5 Å². The third-order valence-electron chi connectivity index (χ3n) is 3.09. The first kappa shape index (κ1) is 14.5. The predicted octanol–water partition coefficient (Wildman–Crippen LogP) is 4.62. The second-order valence-electron chi connectivity index (χ2n) is 4.56. The van der Waals surface area contributed by atoms with Gasteiger partial charge in [-0.15, -0.1) is 0 Å². The zero-order valence-electron chi connectivity index (χ0n) is 11.0. The molecule has 0 bridgehead atoms. The molecule has 0 radical (unpaired) electrons. The van der Waals surface area contributed by atoms with Gasteiger partial charge in [0.25, 0.3) is 0 Å². The van der Waals surface area contributed by atoms with E-state index in [-0.39, 0.29) is 5.02 Å². The van der Waals surface area contributed by atoms with Gasteiger partial charge in [0.15, 0.2) is 17.3 Å². The Kier molecular flexibility index (Phi) is 4.22. The van der Waals surface area contributed by atoms with E-state index in [9.17, 15) is 4.39 Å². The van der Waals surface area contributed by atoms with Gasteiger partial charge >= 0.3 is 0 Å². The second kappa shape index (κ2) is 6.12.